The Labute approximate surface area is 232 Å². The summed E-state index contributed by atoms with van der Waals surface area (Å²) in [5.41, 5.74) is 8.73. The van der Waals surface area contributed by atoms with Gasteiger partial charge in [0.05, 0.1) is 5.71 Å². The van der Waals surface area contributed by atoms with Crippen LogP contribution in [0.1, 0.15) is 44.7 Å². The van der Waals surface area contributed by atoms with Gasteiger partial charge >= 0.3 is 51.4 Å². The van der Waals surface area contributed by atoms with Gasteiger partial charge in [-0.1, -0.05) is 37.6 Å². The number of anilines is 1. The van der Waals surface area contributed by atoms with Crippen molar-refractivity contribution >= 4 is 23.3 Å². The van der Waals surface area contributed by atoms with Crippen molar-refractivity contribution in [2.45, 2.75) is 53.0 Å². The molecule has 0 aliphatic carbocycles. The first-order valence-electron chi connectivity index (χ1n) is 10.0. The van der Waals surface area contributed by atoms with Gasteiger partial charge < -0.3 is 28.7 Å². The first-order valence-corrected chi connectivity index (χ1v) is 10.0. The first-order chi connectivity index (χ1) is 14.6. The van der Waals surface area contributed by atoms with E-state index < -0.39 is 6.43 Å². The summed E-state index contributed by atoms with van der Waals surface area (Å²) in [6.45, 7) is 17.5. The maximum Gasteiger partial charge on any atom is 1.00 e. The van der Waals surface area contributed by atoms with Gasteiger partial charge in [0.15, 0.2) is 0 Å². The van der Waals surface area contributed by atoms with Gasteiger partial charge in [0, 0.05) is 11.8 Å². The molecule has 9 heteroatoms. The summed E-state index contributed by atoms with van der Waals surface area (Å²) in [6, 6.07) is 2.26. The molecule has 1 unspecified atom stereocenters. The van der Waals surface area contributed by atoms with Crippen LogP contribution in [0, 0.1) is 25.8 Å². The number of nitrogens with two attached hydrogens (primary N) is 1. The Balaban J connectivity index is 0.00000140. The van der Waals surface area contributed by atoms with E-state index in [1.54, 1.807) is 6.07 Å². The van der Waals surface area contributed by atoms with Crippen LogP contribution >= 0.6 is 0 Å². The van der Waals surface area contributed by atoms with E-state index in [-0.39, 0.29) is 68.5 Å². The molecular weight excluding hydrogens is 437 g/mol. The molecule has 1 atom stereocenters. The SMILES string of the molecule is [CH-]=C(C=N)c1cnc(NC(=C/C(N)=C(\C)CC)/N=C(\C)C(F)F)cc1C.[CH2-]C1CCN1.[K+]. The van der Waals surface area contributed by atoms with Gasteiger partial charge in [0.25, 0.3) is 6.43 Å². The molecule has 170 valence electrons. The smallest absolute Gasteiger partial charge is 0.399 e. The van der Waals surface area contributed by atoms with Crippen LogP contribution in [0.3, 0.4) is 0 Å². The molecule has 0 radical (unpaired) electrons. The maximum atomic E-state index is 12.9. The average Bonchev–Trinajstić information content (AvgIpc) is 2.71. The third-order valence-electron chi connectivity index (χ3n) is 4.69. The van der Waals surface area contributed by atoms with Gasteiger partial charge in [-0.05, 0) is 39.1 Å². The Morgan fingerprint density at radius 2 is 2.09 bits per heavy atom. The summed E-state index contributed by atoms with van der Waals surface area (Å²) < 4.78 is 25.7. The normalized spacial score (nSPS) is 16.7. The Kier molecular flexibility index (Phi) is 15.0. The average molecular weight is 470 g/mol. The Hall–Kier alpha value is -1.23. The predicted molar refractivity (Wildman–Crippen MR) is 125 cm³/mol. The van der Waals surface area contributed by atoms with E-state index in [2.05, 4.69) is 27.5 Å². The molecule has 1 aliphatic heterocycles. The molecule has 0 amide bonds. The second-order valence-corrected chi connectivity index (χ2v) is 7.22. The zero-order valence-corrected chi connectivity index (χ0v) is 22.7. The Morgan fingerprint density at radius 3 is 2.50 bits per heavy atom. The standard InChI is InChI=1S/C19H24F2N5.C4H8N.K/c1-6-11(2)16(23)8-18(25-14(5)19(20)21)26-17-7-12(3)15(10-24-17)13(4)9-22;1-4-2-3-5-4;/h4,7-10,19,22H,6,23H2,1-3,5H3,(H,24,26);4-5H,1-3H2;/q2*-1;+1/b16-11-,18-8+,22-9?,25-14+;;. The summed E-state index contributed by atoms with van der Waals surface area (Å²) in [5.74, 6) is 0.569. The number of hydrogen-bond donors (Lipinski definition) is 4. The van der Waals surface area contributed by atoms with Gasteiger partial charge in [-0.2, -0.15) is 5.57 Å². The van der Waals surface area contributed by atoms with E-state index in [4.69, 9.17) is 17.7 Å². The number of aryl methyl sites for hydroxylation is 1. The minimum atomic E-state index is -2.67. The van der Waals surface area contributed by atoms with Crippen LogP contribution < -0.4 is 67.8 Å². The number of halogens is 2. The monoisotopic (exact) mass is 469 g/mol. The number of pyridine rings is 1. The molecule has 2 rings (SSSR count). The van der Waals surface area contributed by atoms with E-state index >= 15 is 0 Å². The molecule has 0 saturated carbocycles. The summed E-state index contributed by atoms with van der Waals surface area (Å²) in [7, 11) is 0. The topological polar surface area (TPSA) is 99.2 Å². The summed E-state index contributed by atoms with van der Waals surface area (Å²) >= 11 is 0. The number of alkyl halides is 2. The first kappa shape index (κ1) is 30.8. The Bertz CT molecular complexity index is 873. The molecule has 1 aliphatic rings. The van der Waals surface area contributed by atoms with Crippen molar-refractivity contribution in [1.82, 2.24) is 10.3 Å². The molecule has 0 aromatic carbocycles. The van der Waals surface area contributed by atoms with Crippen molar-refractivity contribution < 1.29 is 60.2 Å². The number of rotatable bonds is 8. The van der Waals surface area contributed by atoms with E-state index in [9.17, 15) is 8.78 Å². The number of hydrogen-bond acceptors (Lipinski definition) is 6. The molecule has 0 spiro atoms. The van der Waals surface area contributed by atoms with Gasteiger partial charge in [0.2, 0.25) is 0 Å². The Morgan fingerprint density at radius 1 is 1.50 bits per heavy atom. The van der Waals surface area contributed by atoms with E-state index in [0.717, 1.165) is 23.8 Å². The molecule has 0 bridgehead atoms. The number of nitrogens with one attached hydrogen (secondary N) is 3. The molecule has 1 aromatic rings. The molecule has 2 heterocycles. The fraction of sp³-hybridized carbons (Fsp3) is 0.391. The second-order valence-electron chi connectivity index (χ2n) is 7.22. The fourth-order valence-corrected chi connectivity index (χ4v) is 2.29. The van der Waals surface area contributed by atoms with Crippen LogP contribution in [0.5, 0.6) is 0 Å². The minimum Gasteiger partial charge on any atom is -0.399 e. The fourth-order valence-electron chi connectivity index (χ4n) is 2.29. The number of aliphatic imine (C=N–C) groups is 1. The van der Waals surface area contributed by atoms with Crippen LogP contribution in [-0.2, 0) is 0 Å². The molecule has 5 N–H and O–H groups in total. The number of nitrogens with zero attached hydrogens (tertiary/aromatic N) is 2. The number of allylic oxidation sites excluding steroid dienone is 3. The van der Waals surface area contributed by atoms with Crippen molar-refractivity contribution in [2.75, 3.05) is 11.9 Å². The van der Waals surface area contributed by atoms with Crippen LogP contribution in [0.25, 0.3) is 5.57 Å². The second kappa shape index (κ2) is 15.6. The quantitative estimate of drug-likeness (QED) is 0.201. The summed E-state index contributed by atoms with van der Waals surface area (Å²) in [6.07, 6.45) is 3.39. The van der Waals surface area contributed by atoms with Gasteiger partial charge in [-0.3, -0.25) is 4.98 Å². The van der Waals surface area contributed by atoms with Crippen molar-refractivity contribution in [2.24, 2.45) is 10.7 Å². The van der Waals surface area contributed by atoms with Crippen molar-refractivity contribution in [1.29, 1.82) is 5.41 Å². The van der Waals surface area contributed by atoms with Crippen LogP contribution in [-0.4, -0.2) is 35.9 Å². The third kappa shape index (κ3) is 10.6. The molecule has 1 saturated heterocycles. The molecular formula is C23H32F2KN6-. The predicted octanol–water partition coefficient (Wildman–Crippen LogP) is 1.66. The molecule has 1 fully saturated rings. The van der Waals surface area contributed by atoms with E-state index in [1.807, 2.05) is 20.8 Å². The molecule has 32 heavy (non-hydrogen) atoms. The van der Waals surface area contributed by atoms with Crippen LogP contribution in [0.2, 0.25) is 0 Å². The largest absolute Gasteiger partial charge is 1.00 e. The zero-order chi connectivity index (χ0) is 23.6. The van der Waals surface area contributed by atoms with Crippen molar-refractivity contribution in [3.05, 3.63) is 60.1 Å². The van der Waals surface area contributed by atoms with E-state index in [1.165, 1.54) is 32.2 Å². The summed E-state index contributed by atoms with van der Waals surface area (Å²) in [5, 5.41) is 13.2. The zero-order valence-electron chi connectivity index (χ0n) is 19.6. The summed E-state index contributed by atoms with van der Waals surface area (Å²) in [4.78, 5) is 8.13. The van der Waals surface area contributed by atoms with Crippen LogP contribution in [0.4, 0.5) is 14.6 Å². The van der Waals surface area contributed by atoms with Gasteiger partial charge in [-0.25, -0.2) is 20.4 Å². The molecule has 6 nitrogen and oxygen atoms in total. The van der Waals surface area contributed by atoms with E-state index in [0.29, 0.717) is 23.1 Å². The minimum absolute atomic E-state index is 0. The third-order valence-corrected chi connectivity index (χ3v) is 4.69. The van der Waals surface area contributed by atoms with Crippen LogP contribution in [0.15, 0.2) is 40.4 Å². The maximum absolute atomic E-state index is 12.9. The van der Waals surface area contributed by atoms with Gasteiger partial charge in [0.1, 0.15) is 11.6 Å². The van der Waals surface area contributed by atoms with Crippen molar-refractivity contribution in [3.8, 4) is 0 Å². The van der Waals surface area contributed by atoms with Gasteiger partial charge in [-0.15, -0.1) is 11.6 Å². The number of aromatic nitrogens is 1. The van der Waals surface area contributed by atoms with Crippen molar-refractivity contribution in [3.63, 3.8) is 0 Å². The molecule has 1 aromatic heterocycles.